The molecule has 3 nitrogen and oxygen atoms in total. The van der Waals surface area contributed by atoms with Crippen molar-refractivity contribution in [3.05, 3.63) is 46.8 Å². The lowest BCUT2D eigenvalue weighted by Crippen LogP contribution is -2.01. The fourth-order valence-electron chi connectivity index (χ4n) is 1.40. The molecular weight excluding hydrogens is 254 g/mol. The van der Waals surface area contributed by atoms with Crippen molar-refractivity contribution >= 4 is 15.9 Å². The Labute approximate surface area is 96.5 Å². The van der Waals surface area contributed by atoms with E-state index in [0.717, 1.165) is 21.3 Å². The number of nitrogens with zero attached hydrogens (tertiary/aromatic N) is 2. The molecule has 2 aromatic rings. The van der Waals surface area contributed by atoms with Crippen LogP contribution in [-0.4, -0.2) is 9.97 Å². The first kappa shape index (κ1) is 10.3. The highest BCUT2D eigenvalue weighted by Gasteiger charge is 2.07. The predicted octanol–water partition coefficient (Wildman–Crippen LogP) is 2.36. The van der Waals surface area contributed by atoms with Crippen LogP contribution >= 0.6 is 15.9 Å². The molecule has 1 aromatic heterocycles. The second kappa shape index (κ2) is 4.51. The minimum absolute atomic E-state index is 0.442. The summed E-state index contributed by atoms with van der Waals surface area (Å²) in [4.78, 5) is 8.22. The minimum Gasteiger partial charge on any atom is -0.326 e. The first-order valence-corrected chi connectivity index (χ1v) is 5.36. The third-order valence-electron chi connectivity index (χ3n) is 2.14. The highest BCUT2D eigenvalue weighted by molar-refractivity contribution is 9.10. The Morgan fingerprint density at radius 3 is 2.80 bits per heavy atom. The van der Waals surface area contributed by atoms with Crippen LogP contribution < -0.4 is 5.73 Å². The standard InChI is InChI=1S/C11H10BrN3/c12-10-4-2-1-3-9(10)11-8(5-13)6-14-7-15-11/h1-4,6-7H,5,13H2. The molecule has 0 spiro atoms. The zero-order chi connectivity index (χ0) is 10.7. The van der Waals surface area contributed by atoms with Gasteiger partial charge in [0, 0.05) is 28.3 Å². The molecule has 0 aliphatic heterocycles. The van der Waals surface area contributed by atoms with Crippen LogP contribution in [0.25, 0.3) is 11.3 Å². The molecule has 15 heavy (non-hydrogen) atoms. The van der Waals surface area contributed by atoms with Crippen LogP contribution in [0.3, 0.4) is 0 Å². The summed E-state index contributed by atoms with van der Waals surface area (Å²) in [5, 5.41) is 0. The van der Waals surface area contributed by atoms with Gasteiger partial charge in [-0.25, -0.2) is 9.97 Å². The third kappa shape index (κ3) is 2.06. The molecule has 2 rings (SSSR count). The van der Waals surface area contributed by atoms with Crippen molar-refractivity contribution < 1.29 is 0 Å². The Morgan fingerprint density at radius 1 is 1.27 bits per heavy atom. The molecular formula is C11H10BrN3. The van der Waals surface area contributed by atoms with Crippen LogP contribution in [0.1, 0.15) is 5.56 Å². The average Bonchev–Trinajstić information content (AvgIpc) is 2.30. The van der Waals surface area contributed by atoms with Crippen molar-refractivity contribution in [1.29, 1.82) is 0 Å². The summed E-state index contributed by atoms with van der Waals surface area (Å²) < 4.78 is 1.01. The zero-order valence-electron chi connectivity index (χ0n) is 8.02. The van der Waals surface area contributed by atoms with E-state index in [4.69, 9.17) is 5.73 Å². The molecule has 0 saturated heterocycles. The number of nitrogens with two attached hydrogens (primary N) is 1. The van der Waals surface area contributed by atoms with Gasteiger partial charge in [-0.2, -0.15) is 0 Å². The van der Waals surface area contributed by atoms with Crippen molar-refractivity contribution in [1.82, 2.24) is 9.97 Å². The van der Waals surface area contributed by atoms with Gasteiger partial charge in [-0.1, -0.05) is 34.1 Å². The Bertz CT molecular complexity index is 471. The van der Waals surface area contributed by atoms with Gasteiger partial charge in [0.2, 0.25) is 0 Å². The molecule has 0 fully saturated rings. The van der Waals surface area contributed by atoms with E-state index >= 15 is 0 Å². The van der Waals surface area contributed by atoms with E-state index in [1.807, 2.05) is 24.3 Å². The van der Waals surface area contributed by atoms with Gasteiger partial charge in [0.25, 0.3) is 0 Å². The van der Waals surface area contributed by atoms with E-state index in [1.165, 1.54) is 6.33 Å². The van der Waals surface area contributed by atoms with Gasteiger partial charge in [0.15, 0.2) is 0 Å². The molecule has 1 aromatic carbocycles. The summed E-state index contributed by atoms with van der Waals surface area (Å²) >= 11 is 3.50. The fourth-order valence-corrected chi connectivity index (χ4v) is 1.88. The smallest absolute Gasteiger partial charge is 0.116 e. The number of rotatable bonds is 2. The number of benzene rings is 1. The summed E-state index contributed by atoms with van der Waals surface area (Å²) in [5.41, 5.74) is 8.52. The van der Waals surface area contributed by atoms with Crippen molar-refractivity contribution in [2.24, 2.45) is 5.73 Å². The SMILES string of the molecule is NCc1cncnc1-c1ccccc1Br. The van der Waals surface area contributed by atoms with E-state index < -0.39 is 0 Å². The van der Waals surface area contributed by atoms with Gasteiger partial charge in [-0.3, -0.25) is 0 Å². The third-order valence-corrected chi connectivity index (χ3v) is 2.83. The largest absolute Gasteiger partial charge is 0.326 e. The van der Waals surface area contributed by atoms with Gasteiger partial charge >= 0.3 is 0 Å². The van der Waals surface area contributed by atoms with E-state index in [-0.39, 0.29) is 0 Å². The van der Waals surface area contributed by atoms with Crippen molar-refractivity contribution in [2.75, 3.05) is 0 Å². The fraction of sp³-hybridized carbons (Fsp3) is 0.0909. The van der Waals surface area contributed by atoms with Crippen LogP contribution in [0.5, 0.6) is 0 Å². The van der Waals surface area contributed by atoms with Crippen molar-refractivity contribution in [2.45, 2.75) is 6.54 Å². The van der Waals surface area contributed by atoms with Crippen LogP contribution in [0.15, 0.2) is 41.3 Å². The second-order valence-electron chi connectivity index (χ2n) is 3.08. The normalized spacial score (nSPS) is 10.3. The predicted molar refractivity (Wildman–Crippen MR) is 63.1 cm³/mol. The molecule has 0 radical (unpaired) electrons. The lowest BCUT2D eigenvalue weighted by Gasteiger charge is -2.07. The number of hydrogen-bond donors (Lipinski definition) is 1. The molecule has 0 amide bonds. The number of halogens is 1. The molecule has 0 atom stereocenters. The van der Waals surface area contributed by atoms with Gasteiger partial charge in [0.1, 0.15) is 6.33 Å². The molecule has 76 valence electrons. The monoisotopic (exact) mass is 263 g/mol. The minimum atomic E-state index is 0.442. The first-order chi connectivity index (χ1) is 7.33. The molecule has 0 unspecified atom stereocenters. The lowest BCUT2D eigenvalue weighted by atomic mass is 10.1. The summed E-state index contributed by atoms with van der Waals surface area (Å²) in [7, 11) is 0. The van der Waals surface area contributed by atoms with Gasteiger partial charge < -0.3 is 5.73 Å². The Kier molecular flexibility index (Phi) is 3.08. The molecule has 2 N–H and O–H groups in total. The van der Waals surface area contributed by atoms with Crippen LogP contribution in [0.4, 0.5) is 0 Å². The van der Waals surface area contributed by atoms with E-state index in [9.17, 15) is 0 Å². The summed E-state index contributed by atoms with van der Waals surface area (Å²) in [6, 6.07) is 7.93. The highest BCUT2D eigenvalue weighted by atomic mass is 79.9. The van der Waals surface area contributed by atoms with Crippen molar-refractivity contribution in [3.63, 3.8) is 0 Å². The Balaban J connectivity index is 2.59. The average molecular weight is 264 g/mol. The van der Waals surface area contributed by atoms with E-state index in [2.05, 4.69) is 25.9 Å². The maximum absolute atomic E-state index is 5.64. The van der Waals surface area contributed by atoms with Crippen LogP contribution in [-0.2, 0) is 6.54 Å². The molecule has 0 aliphatic carbocycles. The highest BCUT2D eigenvalue weighted by Crippen LogP contribution is 2.27. The van der Waals surface area contributed by atoms with Crippen molar-refractivity contribution in [3.8, 4) is 11.3 Å². The first-order valence-electron chi connectivity index (χ1n) is 4.57. The van der Waals surface area contributed by atoms with E-state index in [0.29, 0.717) is 6.54 Å². The lowest BCUT2D eigenvalue weighted by molar-refractivity contribution is 1.01. The molecule has 0 bridgehead atoms. The zero-order valence-corrected chi connectivity index (χ0v) is 9.61. The Morgan fingerprint density at radius 2 is 2.07 bits per heavy atom. The molecule has 4 heteroatoms. The van der Waals surface area contributed by atoms with Gasteiger partial charge in [-0.05, 0) is 6.07 Å². The number of aromatic nitrogens is 2. The summed E-state index contributed by atoms with van der Waals surface area (Å²) in [6.45, 7) is 0.442. The maximum atomic E-state index is 5.64. The number of hydrogen-bond acceptors (Lipinski definition) is 3. The van der Waals surface area contributed by atoms with Gasteiger partial charge in [-0.15, -0.1) is 0 Å². The summed E-state index contributed by atoms with van der Waals surface area (Å²) in [5.74, 6) is 0. The topological polar surface area (TPSA) is 51.8 Å². The van der Waals surface area contributed by atoms with E-state index in [1.54, 1.807) is 6.20 Å². The maximum Gasteiger partial charge on any atom is 0.116 e. The molecule has 1 heterocycles. The Hall–Kier alpha value is -1.26. The van der Waals surface area contributed by atoms with Crippen LogP contribution in [0, 0.1) is 0 Å². The molecule has 0 aliphatic rings. The quantitative estimate of drug-likeness (QED) is 0.905. The summed E-state index contributed by atoms with van der Waals surface area (Å²) in [6.07, 6.45) is 3.29. The molecule has 0 saturated carbocycles. The second-order valence-corrected chi connectivity index (χ2v) is 3.93. The van der Waals surface area contributed by atoms with Crippen LogP contribution in [0.2, 0.25) is 0 Å². The van der Waals surface area contributed by atoms with Gasteiger partial charge in [0.05, 0.1) is 5.69 Å².